The number of hydrogen-bond donors (Lipinski definition) is 1. The lowest BCUT2D eigenvalue weighted by Crippen LogP contribution is -2.29. The van der Waals surface area contributed by atoms with Crippen LogP contribution in [0, 0.1) is 6.92 Å². The molecule has 0 spiro atoms. The Kier molecular flexibility index (Phi) is 5.40. The standard InChI is InChI=1S/C18H23N7O/c1-4-24(5-2)18-20-13(3)12-14(21-18)17(26)19-10-9-16-23-22-15-8-6-7-11-25(15)16/h6-8,11-12H,4-5,9-10H2,1-3H3,(H,19,26). The van der Waals surface area contributed by atoms with Crippen LogP contribution in [0.3, 0.4) is 0 Å². The van der Waals surface area contributed by atoms with Crippen LogP contribution in [-0.2, 0) is 6.42 Å². The van der Waals surface area contributed by atoms with Crippen LogP contribution >= 0.6 is 0 Å². The van der Waals surface area contributed by atoms with E-state index < -0.39 is 0 Å². The number of pyridine rings is 1. The predicted molar refractivity (Wildman–Crippen MR) is 99.4 cm³/mol. The number of rotatable bonds is 7. The Morgan fingerprint density at radius 1 is 1.19 bits per heavy atom. The molecule has 0 atom stereocenters. The first kappa shape index (κ1) is 17.8. The van der Waals surface area contributed by atoms with Gasteiger partial charge < -0.3 is 10.2 Å². The van der Waals surface area contributed by atoms with Gasteiger partial charge in [-0.25, -0.2) is 9.97 Å². The molecule has 0 unspecified atom stereocenters. The van der Waals surface area contributed by atoms with Gasteiger partial charge in [-0.15, -0.1) is 10.2 Å². The molecule has 26 heavy (non-hydrogen) atoms. The van der Waals surface area contributed by atoms with Crippen molar-refractivity contribution < 1.29 is 4.79 Å². The van der Waals surface area contributed by atoms with Gasteiger partial charge in [0, 0.05) is 37.9 Å². The summed E-state index contributed by atoms with van der Waals surface area (Å²) in [6.07, 6.45) is 2.50. The molecular formula is C18H23N7O. The number of carbonyl (C=O) groups excluding carboxylic acids is 1. The minimum Gasteiger partial charge on any atom is -0.350 e. The molecule has 0 aromatic carbocycles. The highest BCUT2D eigenvalue weighted by molar-refractivity contribution is 5.92. The summed E-state index contributed by atoms with van der Waals surface area (Å²) in [4.78, 5) is 23.3. The topological polar surface area (TPSA) is 88.3 Å². The van der Waals surface area contributed by atoms with Crippen molar-refractivity contribution in [3.05, 3.63) is 47.7 Å². The Balaban J connectivity index is 1.66. The summed E-state index contributed by atoms with van der Waals surface area (Å²) in [7, 11) is 0. The van der Waals surface area contributed by atoms with Gasteiger partial charge in [-0.3, -0.25) is 9.20 Å². The molecule has 3 rings (SSSR count). The first-order chi connectivity index (χ1) is 12.6. The molecule has 3 aromatic rings. The number of carbonyl (C=O) groups is 1. The van der Waals surface area contributed by atoms with E-state index in [1.165, 1.54) is 0 Å². The molecule has 1 amide bonds. The SMILES string of the molecule is CCN(CC)c1nc(C)cc(C(=O)NCCc2nnc3ccccn23)n1. The molecule has 3 aromatic heterocycles. The quantitative estimate of drug-likeness (QED) is 0.695. The van der Waals surface area contributed by atoms with E-state index in [-0.39, 0.29) is 5.91 Å². The lowest BCUT2D eigenvalue weighted by molar-refractivity contribution is 0.0948. The molecule has 0 saturated carbocycles. The van der Waals surface area contributed by atoms with Crippen LogP contribution < -0.4 is 10.2 Å². The predicted octanol–water partition coefficient (Wildman–Crippen LogP) is 1.65. The Morgan fingerprint density at radius 2 is 2.00 bits per heavy atom. The third kappa shape index (κ3) is 3.79. The zero-order valence-corrected chi connectivity index (χ0v) is 15.3. The van der Waals surface area contributed by atoms with Crippen LogP contribution in [0.4, 0.5) is 5.95 Å². The molecule has 0 aliphatic rings. The fraction of sp³-hybridized carbons (Fsp3) is 0.389. The normalized spacial score (nSPS) is 10.9. The van der Waals surface area contributed by atoms with E-state index in [0.717, 1.165) is 30.3 Å². The van der Waals surface area contributed by atoms with Crippen molar-refractivity contribution in [3.63, 3.8) is 0 Å². The van der Waals surface area contributed by atoms with Crippen LogP contribution in [0.1, 0.15) is 35.9 Å². The van der Waals surface area contributed by atoms with Crippen molar-refractivity contribution >= 4 is 17.5 Å². The van der Waals surface area contributed by atoms with Crippen LogP contribution in [0.15, 0.2) is 30.5 Å². The van der Waals surface area contributed by atoms with E-state index >= 15 is 0 Å². The highest BCUT2D eigenvalue weighted by atomic mass is 16.1. The average molecular weight is 353 g/mol. The fourth-order valence-corrected chi connectivity index (χ4v) is 2.76. The Morgan fingerprint density at radius 3 is 2.77 bits per heavy atom. The minimum atomic E-state index is -0.210. The molecule has 3 heterocycles. The summed E-state index contributed by atoms with van der Waals surface area (Å²) in [5, 5.41) is 11.2. The van der Waals surface area contributed by atoms with Crippen molar-refractivity contribution in [1.82, 2.24) is 29.9 Å². The molecule has 0 saturated heterocycles. The number of hydrogen-bond acceptors (Lipinski definition) is 6. The zero-order chi connectivity index (χ0) is 18.5. The molecule has 136 valence electrons. The van der Waals surface area contributed by atoms with Crippen LogP contribution in [0.25, 0.3) is 5.65 Å². The zero-order valence-electron chi connectivity index (χ0n) is 15.3. The maximum Gasteiger partial charge on any atom is 0.270 e. The van der Waals surface area contributed by atoms with E-state index in [1.807, 2.05) is 54.5 Å². The highest BCUT2D eigenvalue weighted by Crippen LogP contribution is 2.10. The summed E-state index contributed by atoms with van der Waals surface area (Å²) >= 11 is 0. The Labute approximate surface area is 152 Å². The molecule has 0 radical (unpaired) electrons. The first-order valence-electron chi connectivity index (χ1n) is 8.79. The highest BCUT2D eigenvalue weighted by Gasteiger charge is 2.13. The van der Waals surface area contributed by atoms with Crippen LogP contribution in [-0.4, -0.2) is 50.1 Å². The molecule has 0 fully saturated rings. The fourth-order valence-electron chi connectivity index (χ4n) is 2.76. The van der Waals surface area contributed by atoms with E-state index in [1.54, 1.807) is 6.07 Å². The molecule has 8 nitrogen and oxygen atoms in total. The maximum absolute atomic E-state index is 12.5. The van der Waals surface area contributed by atoms with Gasteiger partial charge >= 0.3 is 0 Å². The third-order valence-electron chi connectivity index (χ3n) is 4.14. The third-order valence-corrected chi connectivity index (χ3v) is 4.14. The summed E-state index contributed by atoms with van der Waals surface area (Å²) < 4.78 is 1.92. The van der Waals surface area contributed by atoms with Crippen molar-refractivity contribution in [2.24, 2.45) is 0 Å². The van der Waals surface area contributed by atoms with E-state index in [4.69, 9.17) is 0 Å². The largest absolute Gasteiger partial charge is 0.350 e. The van der Waals surface area contributed by atoms with Gasteiger partial charge in [0.05, 0.1) is 0 Å². The lowest BCUT2D eigenvalue weighted by Gasteiger charge is -2.19. The van der Waals surface area contributed by atoms with Crippen molar-refractivity contribution in [3.8, 4) is 0 Å². The van der Waals surface area contributed by atoms with Crippen molar-refractivity contribution in [1.29, 1.82) is 0 Å². The number of nitrogens with zero attached hydrogens (tertiary/aromatic N) is 6. The lowest BCUT2D eigenvalue weighted by atomic mass is 10.3. The van der Waals surface area contributed by atoms with Gasteiger partial charge in [-0.05, 0) is 39.0 Å². The van der Waals surface area contributed by atoms with Crippen LogP contribution in [0.5, 0.6) is 0 Å². The van der Waals surface area contributed by atoms with Gasteiger partial charge in [-0.2, -0.15) is 0 Å². The monoisotopic (exact) mass is 353 g/mol. The number of amides is 1. The second-order valence-electron chi connectivity index (χ2n) is 5.92. The second kappa shape index (κ2) is 7.90. The molecule has 0 aliphatic carbocycles. The van der Waals surface area contributed by atoms with Gasteiger partial charge in [0.25, 0.3) is 5.91 Å². The summed E-state index contributed by atoms with van der Waals surface area (Å²) in [6, 6.07) is 7.44. The molecule has 8 heteroatoms. The van der Waals surface area contributed by atoms with Crippen molar-refractivity contribution in [2.75, 3.05) is 24.5 Å². The minimum absolute atomic E-state index is 0.210. The Hall–Kier alpha value is -3.03. The number of fused-ring (bicyclic) bond motifs is 1. The molecule has 0 aliphatic heterocycles. The van der Waals surface area contributed by atoms with E-state index in [2.05, 4.69) is 25.5 Å². The second-order valence-corrected chi connectivity index (χ2v) is 5.92. The first-order valence-corrected chi connectivity index (χ1v) is 8.79. The van der Waals surface area contributed by atoms with E-state index in [0.29, 0.717) is 24.6 Å². The number of aryl methyl sites for hydroxylation is 1. The van der Waals surface area contributed by atoms with Gasteiger partial charge in [-0.1, -0.05) is 6.07 Å². The molecule has 1 N–H and O–H groups in total. The smallest absolute Gasteiger partial charge is 0.270 e. The summed E-state index contributed by atoms with van der Waals surface area (Å²) in [6.45, 7) is 7.99. The average Bonchev–Trinajstić information content (AvgIpc) is 3.05. The maximum atomic E-state index is 12.5. The molecular weight excluding hydrogens is 330 g/mol. The van der Waals surface area contributed by atoms with Gasteiger partial charge in [0.2, 0.25) is 5.95 Å². The van der Waals surface area contributed by atoms with Gasteiger partial charge in [0.15, 0.2) is 5.65 Å². The summed E-state index contributed by atoms with van der Waals surface area (Å²) in [5.74, 6) is 1.19. The van der Waals surface area contributed by atoms with Crippen LogP contribution in [0.2, 0.25) is 0 Å². The summed E-state index contributed by atoms with van der Waals surface area (Å²) in [5.41, 5.74) is 1.95. The van der Waals surface area contributed by atoms with Gasteiger partial charge in [0.1, 0.15) is 11.5 Å². The van der Waals surface area contributed by atoms with E-state index in [9.17, 15) is 4.79 Å². The number of nitrogens with one attached hydrogen (secondary N) is 1. The Bertz CT molecular complexity index is 901. The van der Waals surface area contributed by atoms with Crippen molar-refractivity contribution in [2.45, 2.75) is 27.2 Å². The number of anilines is 1. The number of aromatic nitrogens is 5. The molecule has 0 bridgehead atoms.